The summed E-state index contributed by atoms with van der Waals surface area (Å²) in [4.78, 5) is 43.0. The standard InChI is InChI=1S/C24H32N6O4/c1-15(2)30-10-9-29(3)23-21-17(24(32)28-22(21)26-14-27-23)13-25-16-7-8-18(33-4)19(12-16)34-11-5-6-20(30)31/h7-8,13-17H,5-6,9-12H2,1-4H3,(H,26,27,28,32). The molecular weight excluding hydrogens is 436 g/mol. The first-order valence-electron chi connectivity index (χ1n) is 11.7. The normalized spacial score (nSPS) is 23.6. The number of carbonyl (C=O) groups is 2. The van der Waals surface area contributed by atoms with Gasteiger partial charge in [0.15, 0.2) is 5.76 Å². The number of methoxy groups -OCH3 is 1. The van der Waals surface area contributed by atoms with Crippen LogP contribution in [0.2, 0.25) is 0 Å². The molecule has 0 radical (unpaired) electrons. The molecule has 0 aromatic carbocycles. The van der Waals surface area contributed by atoms with Crippen molar-refractivity contribution in [1.29, 1.82) is 0 Å². The van der Waals surface area contributed by atoms with Gasteiger partial charge in [-0.1, -0.05) is 6.08 Å². The fraction of sp³-hybridized carbons (Fsp3) is 0.542. The SMILES string of the molecule is COC1=C2CC(C=C1)N=CC1C(=O)Nc3ncnc(c31)N(C)CCN(C(C)C)C(=O)CCCO2. The number of ether oxygens (including phenoxy) is 2. The molecule has 34 heavy (non-hydrogen) atoms. The van der Waals surface area contributed by atoms with Crippen molar-refractivity contribution in [3.8, 4) is 0 Å². The van der Waals surface area contributed by atoms with E-state index >= 15 is 0 Å². The molecule has 182 valence electrons. The van der Waals surface area contributed by atoms with Gasteiger partial charge in [0.25, 0.3) is 0 Å². The highest BCUT2D eigenvalue weighted by Gasteiger charge is 2.35. The number of aromatic nitrogens is 2. The number of likely N-dealkylation sites (N-methyl/N-ethyl adjacent to an activating group) is 1. The van der Waals surface area contributed by atoms with E-state index in [-0.39, 0.29) is 23.9 Å². The van der Waals surface area contributed by atoms with Crippen molar-refractivity contribution in [2.24, 2.45) is 4.99 Å². The molecule has 10 heteroatoms. The average Bonchev–Trinajstić information content (AvgIpc) is 3.14. The molecule has 3 aliphatic rings. The van der Waals surface area contributed by atoms with E-state index in [1.807, 2.05) is 42.8 Å². The van der Waals surface area contributed by atoms with E-state index in [0.717, 1.165) is 0 Å². The van der Waals surface area contributed by atoms with E-state index in [0.29, 0.717) is 67.7 Å². The Morgan fingerprint density at radius 3 is 2.82 bits per heavy atom. The molecular formula is C24H32N6O4. The van der Waals surface area contributed by atoms with E-state index in [1.165, 1.54) is 6.33 Å². The second-order valence-corrected chi connectivity index (χ2v) is 8.90. The number of aliphatic imine (C=N–C) groups is 1. The highest BCUT2D eigenvalue weighted by atomic mass is 16.5. The van der Waals surface area contributed by atoms with Gasteiger partial charge < -0.3 is 24.6 Å². The first kappa shape index (κ1) is 23.7. The van der Waals surface area contributed by atoms with Gasteiger partial charge in [-0.2, -0.15) is 0 Å². The van der Waals surface area contributed by atoms with Crippen LogP contribution in [0, 0.1) is 0 Å². The number of carbonyl (C=O) groups excluding carboxylic acids is 2. The molecule has 2 unspecified atom stereocenters. The summed E-state index contributed by atoms with van der Waals surface area (Å²) in [7, 11) is 3.52. The smallest absolute Gasteiger partial charge is 0.238 e. The third kappa shape index (κ3) is 4.90. The molecule has 3 heterocycles. The maximum atomic E-state index is 13.0. The lowest BCUT2D eigenvalue weighted by molar-refractivity contribution is -0.133. The van der Waals surface area contributed by atoms with Gasteiger partial charge in [0, 0.05) is 45.2 Å². The fourth-order valence-corrected chi connectivity index (χ4v) is 4.40. The first-order chi connectivity index (χ1) is 16.4. The fourth-order valence-electron chi connectivity index (χ4n) is 4.40. The topological polar surface area (TPSA) is 109 Å². The van der Waals surface area contributed by atoms with Gasteiger partial charge in [-0.05, 0) is 26.3 Å². The summed E-state index contributed by atoms with van der Waals surface area (Å²) < 4.78 is 11.4. The van der Waals surface area contributed by atoms with Crippen molar-refractivity contribution in [2.75, 3.05) is 44.1 Å². The van der Waals surface area contributed by atoms with Crippen molar-refractivity contribution < 1.29 is 19.1 Å². The van der Waals surface area contributed by atoms with Gasteiger partial charge in [-0.15, -0.1) is 0 Å². The van der Waals surface area contributed by atoms with Crippen molar-refractivity contribution in [2.45, 2.75) is 51.1 Å². The summed E-state index contributed by atoms with van der Waals surface area (Å²) in [6, 6.07) is -0.125. The quantitative estimate of drug-likeness (QED) is 0.709. The van der Waals surface area contributed by atoms with Crippen molar-refractivity contribution >= 4 is 29.7 Å². The van der Waals surface area contributed by atoms with Crippen LogP contribution in [0.4, 0.5) is 11.6 Å². The Morgan fingerprint density at radius 1 is 1.24 bits per heavy atom. The molecule has 0 saturated carbocycles. The Balaban J connectivity index is 1.68. The third-order valence-corrected chi connectivity index (χ3v) is 6.28. The molecule has 0 fully saturated rings. The van der Waals surface area contributed by atoms with Crippen LogP contribution in [0.1, 0.15) is 44.6 Å². The van der Waals surface area contributed by atoms with Crippen molar-refractivity contribution in [1.82, 2.24) is 14.9 Å². The minimum atomic E-state index is -0.599. The molecule has 1 N–H and O–H groups in total. The number of hydrogen-bond acceptors (Lipinski definition) is 8. The molecule has 2 atom stereocenters. The maximum absolute atomic E-state index is 13.0. The number of anilines is 2. The van der Waals surface area contributed by atoms with Crippen LogP contribution < -0.4 is 10.2 Å². The summed E-state index contributed by atoms with van der Waals surface area (Å²) >= 11 is 0. The van der Waals surface area contributed by atoms with Gasteiger partial charge in [-0.25, -0.2) is 9.97 Å². The molecule has 2 amide bonds. The zero-order chi connectivity index (χ0) is 24.2. The van der Waals surface area contributed by atoms with E-state index < -0.39 is 5.92 Å². The molecule has 10 nitrogen and oxygen atoms in total. The number of amides is 2. The van der Waals surface area contributed by atoms with Crippen molar-refractivity contribution in [3.63, 3.8) is 0 Å². The molecule has 1 aromatic heterocycles. The number of hydrogen-bond donors (Lipinski definition) is 1. The number of rotatable bonds is 2. The van der Waals surface area contributed by atoms with Crippen LogP contribution >= 0.6 is 0 Å². The van der Waals surface area contributed by atoms with Gasteiger partial charge in [0.1, 0.15) is 29.6 Å². The molecule has 4 rings (SSSR count). The highest BCUT2D eigenvalue weighted by Crippen LogP contribution is 2.36. The minimum absolute atomic E-state index is 0.0650. The van der Waals surface area contributed by atoms with Crippen molar-refractivity contribution in [3.05, 3.63) is 35.6 Å². The summed E-state index contributed by atoms with van der Waals surface area (Å²) in [5.41, 5.74) is 0.704. The Kier molecular flexibility index (Phi) is 7.14. The van der Waals surface area contributed by atoms with Gasteiger partial charge in [0.2, 0.25) is 11.8 Å². The van der Waals surface area contributed by atoms with Crippen LogP contribution in [0.25, 0.3) is 0 Å². The molecule has 0 spiro atoms. The van der Waals surface area contributed by atoms with Gasteiger partial charge in [-0.3, -0.25) is 14.6 Å². The van der Waals surface area contributed by atoms with E-state index in [1.54, 1.807) is 13.3 Å². The van der Waals surface area contributed by atoms with Gasteiger partial charge in [0.05, 0.1) is 25.3 Å². The zero-order valence-corrected chi connectivity index (χ0v) is 20.2. The average molecular weight is 469 g/mol. The van der Waals surface area contributed by atoms with Crippen LogP contribution in [-0.4, -0.2) is 78.8 Å². The van der Waals surface area contributed by atoms with E-state index in [4.69, 9.17) is 9.47 Å². The molecule has 1 aromatic rings. The van der Waals surface area contributed by atoms with E-state index in [2.05, 4.69) is 20.3 Å². The predicted molar refractivity (Wildman–Crippen MR) is 129 cm³/mol. The number of fused-ring (bicyclic) bond motifs is 2. The Bertz CT molecular complexity index is 1030. The Labute approximate surface area is 199 Å². The largest absolute Gasteiger partial charge is 0.494 e. The predicted octanol–water partition coefficient (Wildman–Crippen LogP) is 2.25. The Hall–Kier alpha value is -3.43. The second-order valence-electron chi connectivity index (χ2n) is 8.90. The van der Waals surface area contributed by atoms with Gasteiger partial charge >= 0.3 is 0 Å². The number of allylic oxidation sites excluding steroid dienone is 1. The van der Waals surface area contributed by atoms with Crippen LogP contribution in [0.5, 0.6) is 0 Å². The second kappa shape index (κ2) is 10.2. The summed E-state index contributed by atoms with van der Waals surface area (Å²) in [5, 5.41) is 2.84. The summed E-state index contributed by atoms with van der Waals surface area (Å²) in [6.07, 6.45) is 8.42. The lowest BCUT2D eigenvalue weighted by Crippen LogP contribution is -2.42. The zero-order valence-electron chi connectivity index (χ0n) is 20.2. The lowest BCUT2D eigenvalue weighted by atomic mass is 10.0. The van der Waals surface area contributed by atoms with Crippen LogP contribution in [0.3, 0.4) is 0 Å². The molecule has 2 bridgehead atoms. The molecule has 2 aliphatic heterocycles. The minimum Gasteiger partial charge on any atom is -0.494 e. The number of nitrogens with zero attached hydrogens (tertiary/aromatic N) is 5. The van der Waals surface area contributed by atoms with Crippen LogP contribution in [0.15, 0.2) is 35.0 Å². The Morgan fingerprint density at radius 2 is 2.06 bits per heavy atom. The van der Waals surface area contributed by atoms with E-state index in [9.17, 15) is 9.59 Å². The summed E-state index contributed by atoms with van der Waals surface area (Å²) in [5.74, 6) is 1.81. The molecule has 1 aliphatic carbocycles. The number of nitrogens with one attached hydrogen (secondary N) is 1. The summed E-state index contributed by atoms with van der Waals surface area (Å²) in [6.45, 7) is 5.55. The third-order valence-electron chi connectivity index (χ3n) is 6.28. The maximum Gasteiger partial charge on any atom is 0.238 e. The monoisotopic (exact) mass is 468 g/mol. The van der Waals surface area contributed by atoms with Crippen LogP contribution in [-0.2, 0) is 19.1 Å². The lowest BCUT2D eigenvalue weighted by Gasteiger charge is -2.30. The molecule has 0 saturated heterocycles. The first-order valence-corrected chi connectivity index (χ1v) is 11.7. The highest BCUT2D eigenvalue weighted by molar-refractivity contribution is 6.13.